The summed E-state index contributed by atoms with van der Waals surface area (Å²) in [5.41, 5.74) is 6.01. The van der Waals surface area contributed by atoms with Gasteiger partial charge < -0.3 is 4.98 Å². The fourth-order valence-corrected chi connectivity index (χ4v) is 2.86. The lowest BCUT2D eigenvalue weighted by atomic mass is 9.99. The van der Waals surface area contributed by atoms with Crippen LogP contribution in [0.1, 0.15) is 11.1 Å². The number of para-hydroxylation sites is 1. The SMILES string of the molecule is [CH](c1ccccc1)c1c(-c2ccccc2)[nH]c2ccccc12. The number of fused-ring (bicyclic) bond motifs is 1. The van der Waals surface area contributed by atoms with Gasteiger partial charge in [0.25, 0.3) is 0 Å². The third-order valence-corrected chi connectivity index (χ3v) is 3.92. The maximum Gasteiger partial charge on any atom is 0.0503 e. The first-order valence-electron chi connectivity index (χ1n) is 7.48. The van der Waals surface area contributed by atoms with E-state index in [1.807, 2.05) is 12.1 Å². The standard InChI is InChI=1S/C21H16N/c1-3-9-16(10-4-1)15-19-18-13-7-8-14-20(18)22-21(19)17-11-5-2-6-12-17/h1-15,22H. The van der Waals surface area contributed by atoms with Crippen molar-refractivity contribution < 1.29 is 0 Å². The predicted octanol–water partition coefficient (Wildman–Crippen LogP) is 5.44. The van der Waals surface area contributed by atoms with E-state index >= 15 is 0 Å². The van der Waals surface area contributed by atoms with Gasteiger partial charge in [0.15, 0.2) is 0 Å². The topological polar surface area (TPSA) is 15.8 Å². The highest BCUT2D eigenvalue weighted by Crippen LogP contribution is 2.32. The normalized spacial score (nSPS) is 10.9. The molecule has 0 bridgehead atoms. The summed E-state index contributed by atoms with van der Waals surface area (Å²) < 4.78 is 0. The summed E-state index contributed by atoms with van der Waals surface area (Å²) in [5.74, 6) is 0. The molecule has 1 heteroatoms. The van der Waals surface area contributed by atoms with E-state index < -0.39 is 0 Å². The van der Waals surface area contributed by atoms with Gasteiger partial charge in [-0.15, -0.1) is 0 Å². The van der Waals surface area contributed by atoms with E-state index in [0.29, 0.717) is 0 Å². The molecule has 1 aromatic heterocycles. The Hall–Kier alpha value is -2.80. The lowest BCUT2D eigenvalue weighted by molar-refractivity contribution is 1.40. The second kappa shape index (κ2) is 5.53. The summed E-state index contributed by atoms with van der Waals surface area (Å²) in [6.07, 6.45) is 2.25. The van der Waals surface area contributed by atoms with Gasteiger partial charge in [0.2, 0.25) is 0 Å². The Labute approximate surface area is 130 Å². The molecule has 0 aliphatic heterocycles. The molecule has 105 valence electrons. The van der Waals surface area contributed by atoms with Gasteiger partial charge in [-0.05, 0) is 22.8 Å². The lowest BCUT2D eigenvalue weighted by Crippen LogP contribution is -1.87. The lowest BCUT2D eigenvalue weighted by Gasteiger charge is -2.05. The first-order chi connectivity index (χ1) is 10.9. The number of hydrogen-bond donors (Lipinski definition) is 1. The van der Waals surface area contributed by atoms with Gasteiger partial charge in [0.1, 0.15) is 0 Å². The van der Waals surface area contributed by atoms with Gasteiger partial charge in [0.05, 0.1) is 5.69 Å². The van der Waals surface area contributed by atoms with Gasteiger partial charge >= 0.3 is 0 Å². The fourth-order valence-electron chi connectivity index (χ4n) is 2.86. The van der Waals surface area contributed by atoms with Crippen LogP contribution in [0, 0.1) is 6.42 Å². The fraction of sp³-hybridized carbons (Fsp3) is 0. The summed E-state index contributed by atoms with van der Waals surface area (Å²) in [6.45, 7) is 0. The van der Waals surface area contributed by atoms with Crippen LogP contribution in [-0.2, 0) is 0 Å². The molecule has 0 spiro atoms. The van der Waals surface area contributed by atoms with Crippen molar-refractivity contribution in [3.05, 3.63) is 102 Å². The molecule has 1 N–H and O–H groups in total. The predicted molar refractivity (Wildman–Crippen MR) is 92.7 cm³/mol. The molecule has 0 atom stereocenters. The largest absolute Gasteiger partial charge is 0.354 e. The number of benzene rings is 3. The molecule has 4 aromatic rings. The second-order valence-electron chi connectivity index (χ2n) is 5.38. The van der Waals surface area contributed by atoms with Crippen molar-refractivity contribution in [1.82, 2.24) is 4.98 Å². The Kier molecular flexibility index (Phi) is 3.24. The Morgan fingerprint density at radius 1 is 0.636 bits per heavy atom. The van der Waals surface area contributed by atoms with Crippen LogP contribution in [-0.4, -0.2) is 4.98 Å². The summed E-state index contributed by atoms with van der Waals surface area (Å²) in [5, 5.41) is 1.25. The molecule has 0 aliphatic carbocycles. The molecule has 1 heterocycles. The highest BCUT2D eigenvalue weighted by atomic mass is 14.7. The Balaban J connectivity index is 1.91. The first kappa shape index (κ1) is 12.9. The molecule has 0 saturated carbocycles. The Morgan fingerprint density at radius 3 is 2.05 bits per heavy atom. The highest BCUT2D eigenvalue weighted by Gasteiger charge is 2.13. The maximum atomic E-state index is 3.57. The summed E-state index contributed by atoms with van der Waals surface area (Å²) in [6, 6.07) is 29.4. The van der Waals surface area contributed by atoms with Crippen LogP contribution in [0.5, 0.6) is 0 Å². The van der Waals surface area contributed by atoms with Crippen molar-refractivity contribution in [3.8, 4) is 11.3 Å². The van der Waals surface area contributed by atoms with E-state index in [4.69, 9.17) is 0 Å². The number of aromatic nitrogens is 1. The van der Waals surface area contributed by atoms with Crippen LogP contribution in [0.4, 0.5) is 0 Å². The van der Waals surface area contributed by atoms with Crippen LogP contribution in [0.25, 0.3) is 22.2 Å². The zero-order valence-electron chi connectivity index (χ0n) is 12.2. The number of aromatic amines is 1. The van der Waals surface area contributed by atoms with Crippen LogP contribution < -0.4 is 0 Å². The van der Waals surface area contributed by atoms with E-state index in [9.17, 15) is 0 Å². The van der Waals surface area contributed by atoms with E-state index in [2.05, 4.69) is 84.2 Å². The molecule has 0 fully saturated rings. The minimum atomic E-state index is 1.17. The molecule has 0 saturated heterocycles. The van der Waals surface area contributed by atoms with E-state index in [0.717, 1.165) is 0 Å². The van der Waals surface area contributed by atoms with Gasteiger partial charge in [0, 0.05) is 17.3 Å². The minimum Gasteiger partial charge on any atom is -0.354 e. The number of rotatable bonds is 3. The first-order valence-corrected chi connectivity index (χ1v) is 7.48. The third-order valence-electron chi connectivity index (χ3n) is 3.92. The molecule has 4 rings (SSSR count). The molecule has 1 radical (unpaired) electrons. The van der Waals surface area contributed by atoms with Crippen molar-refractivity contribution in [2.24, 2.45) is 0 Å². The third kappa shape index (κ3) is 2.31. The van der Waals surface area contributed by atoms with Gasteiger partial charge in [-0.3, -0.25) is 0 Å². The van der Waals surface area contributed by atoms with Crippen molar-refractivity contribution in [1.29, 1.82) is 0 Å². The summed E-state index contributed by atoms with van der Waals surface area (Å²) in [4.78, 5) is 3.57. The van der Waals surface area contributed by atoms with Crippen LogP contribution >= 0.6 is 0 Å². The minimum absolute atomic E-state index is 1.17. The molecule has 0 amide bonds. The molecular weight excluding hydrogens is 266 g/mol. The highest BCUT2D eigenvalue weighted by molar-refractivity contribution is 5.92. The Morgan fingerprint density at radius 2 is 1.27 bits per heavy atom. The van der Waals surface area contributed by atoms with Crippen molar-refractivity contribution >= 4 is 10.9 Å². The zero-order chi connectivity index (χ0) is 14.8. The van der Waals surface area contributed by atoms with Crippen LogP contribution in [0.15, 0.2) is 84.9 Å². The number of hydrogen-bond acceptors (Lipinski definition) is 0. The molecule has 3 aromatic carbocycles. The average molecular weight is 282 g/mol. The molecule has 0 aliphatic rings. The van der Waals surface area contributed by atoms with Crippen molar-refractivity contribution in [2.75, 3.05) is 0 Å². The van der Waals surface area contributed by atoms with Gasteiger partial charge in [-0.25, -0.2) is 0 Å². The summed E-state index contributed by atoms with van der Waals surface area (Å²) in [7, 11) is 0. The zero-order valence-corrected chi connectivity index (χ0v) is 12.2. The van der Waals surface area contributed by atoms with E-state index in [1.54, 1.807) is 0 Å². The van der Waals surface area contributed by atoms with E-state index in [1.165, 1.54) is 33.3 Å². The van der Waals surface area contributed by atoms with Crippen molar-refractivity contribution in [3.63, 3.8) is 0 Å². The van der Waals surface area contributed by atoms with Gasteiger partial charge in [-0.1, -0.05) is 78.9 Å². The molecule has 1 nitrogen and oxygen atoms in total. The Bertz CT molecular complexity index is 889. The van der Waals surface area contributed by atoms with Crippen molar-refractivity contribution in [2.45, 2.75) is 0 Å². The van der Waals surface area contributed by atoms with Crippen LogP contribution in [0.2, 0.25) is 0 Å². The molecular formula is C21H16N. The van der Waals surface area contributed by atoms with Crippen LogP contribution in [0.3, 0.4) is 0 Å². The second-order valence-corrected chi connectivity index (χ2v) is 5.38. The smallest absolute Gasteiger partial charge is 0.0503 e. The van der Waals surface area contributed by atoms with E-state index in [-0.39, 0.29) is 0 Å². The molecule has 0 unspecified atom stereocenters. The quantitative estimate of drug-likeness (QED) is 0.515. The molecule has 22 heavy (non-hydrogen) atoms. The summed E-state index contributed by atoms with van der Waals surface area (Å²) >= 11 is 0. The average Bonchev–Trinajstić information content (AvgIpc) is 2.95. The maximum absolute atomic E-state index is 3.57. The number of H-pyrrole nitrogens is 1. The monoisotopic (exact) mass is 282 g/mol. The number of nitrogens with one attached hydrogen (secondary N) is 1. The van der Waals surface area contributed by atoms with Gasteiger partial charge in [-0.2, -0.15) is 0 Å².